The van der Waals surface area contributed by atoms with Crippen LogP contribution in [0.15, 0.2) is 24.3 Å². The van der Waals surface area contributed by atoms with Gasteiger partial charge in [0.2, 0.25) is 0 Å². The fraction of sp³-hybridized carbons (Fsp3) is 0.875. The van der Waals surface area contributed by atoms with Crippen LogP contribution >= 0.6 is 0 Å². The number of carboxylic acid groups (broad SMARTS) is 2. The minimum atomic E-state index is -0.833. The molecule has 1 aromatic rings. The van der Waals surface area contributed by atoms with Crippen molar-refractivity contribution in [3.05, 3.63) is 35.4 Å². The van der Waals surface area contributed by atoms with Gasteiger partial charge in [-0.25, -0.2) is 0 Å². The Kier molecular flexibility index (Phi) is 53.5. The van der Waals surface area contributed by atoms with Gasteiger partial charge in [0, 0.05) is 51.1 Å². The van der Waals surface area contributed by atoms with Gasteiger partial charge in [-0.2, -0.15) is 0 Å². The molecule has 70 heavy (non-hydrogen) atoms. The number of aliphatic carboxylic acids is 2. The molecule has 0 spiro atoms. The Balaban J connectivity index is 0. The van der Waals surface area contributed by atoms with E-state index in [0.29, 0.717) is 24.2 Å². The number of benzene rings is 1. The number of hydrogen-bond acceptors (Lipinski definition) is 4. The first kappa shape index (κ1) is 70.2. The second-order valence-electron chi connectivity index (χ2n) is 22.1. The molecule has 0 aliphatic carbocycles. The van der Waals surface area contributed by atoms with Crippen molar-refractivity contribution in [1.29, 1.82) is 0 Å². The number of nitrogens with zero attached hydrogens (tertiary/aromatic N) is 2. The zero-order chi connectivity index (χ0) is 52.3. The molecule has 1 rings (SSSR count). The number of rotatable bonds is 48. The number of unbranched alkanes of at least 4 members (excludes halogenated alkanes) is 32. The molecule has 6 nitrogen and oxygen atoms in total. The first-order valence-corrected chi connectivity index (χ1v) is 30.8. The molecule has 0 fully saturated rings. The normalized spacial score (nSPS) is 13.1. The summed E-state index contributed by atoms with van der Waals surface area (Å²) in [5.74, 6) is -1.67. The Labute approximate surface area is 438 Å². The lowest BCUT2D eigenvalue weighted by atomic mass is 9.99. The Morgan fingerprint density at radius 1 is 0.329 bits per heavy atom. The summed E-state index contributed by atoms with van der Waals surface area (Å²) in [5, 5.41) is 14.8. The Morgan fingerprint density at radius 3 is 0.629 bits per heavy atom. The highest BCUT2D eigenvalue weighted by Crippen LogP contribution is 2.25. The average Bonchev–Trinajstić information content (AvgIpc) is 3.32. The van der Waals surface area contributed by atoms with E-state index in [9.17, 15) is 0 Å². The van der Waals surface area contributed by atoms with Crippen LogP contribution in [0.1, 0.15) is 337 Å². The fourth-order valence-electron chi connectivity index (χ4n) is 10.3. The molecule has 4 atom stereocenters. The molecule has 414 valence electrons. The van der Waals surface area contributed by atoms with Crippen LogP contribution < -0.4 is 0 Å². The average molecular weight is 986 g/mol. The summed E-state index contributed by atoms with van der Waals surface area (Å²) in [6.07, 6.45) is 56.5. The molecule has 1 aromatic carbocycles. The van der Waals surface area contributed by atoms with Gasteiger partial charge in [0.1, 0.15) is 0 Å². The Bertz CT molecular complexity index is 1060. The SMILES string of the molecule is CC(=O)O.CC(=O)O.CCCCCCCCCCCC(C)N(Cc1ccc(CN(C(C)CCCCCCCCCCC)C(C)CCCCCCCCCCC)cc1)C(C)CCCCCCCCCCC. The summed E-state index contributed by atoms with van der Waals surface area (Å²) < 4.78 is 0. The van der Waals surface area contributed by atoms with E-state index in [1.165, 1.54) is 268 Å². The van der Waals surface area contributed by atoms with E-state index in [2.05, 4.69) is 89.5 Å². The van der Waals surface area contributed by atoms with E-state index >= 15 is 0 Å². The second kappa shape index (κ2) is 53.4. The minimum Gasteiger partial charge on any atom is -0.481 e. The maximum atomic E-state index is 9.00. The summed E-state index contributed by atoms with van der Waals surface area (Å²) in [5.41, 5.74) is 3.03. The first-order chi connectivity index (χ1) is 33.8. The van der Waals surface area contributed by atoms with Crippen LogP contribution in [-0.2, 0) is 22.7 Å². The lowest BCUT2D eigenvalue weighted by molar-refractivity contribution is -0.135. The van der Waals surface area contributed by atoms with Crippen molar-refractivity contribution in [3.63, 3.8) is 0 Å². The largest absolute Gasteiger partial charge is 0.481 e. The lowest BCUT2D eigenvalue weighted by Crippen LogP contribution is -2.40. The van der Waals surface area contributed by atoms with Crippen LogP contribution in [0.4, 0.5) is 0 Å². The van der Waals surface area contributed by atoms with Gasteiger partial charge in [-0.1, -0.05) is 283 Å². The Morgan fingerprint density at radius 2 is 0.471 bits per heavy atom. The number of hydrogen-bond donors (Lipinski definition) is 2. The minimum absolute atomic E-state index is 0.645. The fourth-order valence-corrected chi connectivity index (χ4v) is 10.3. The third-order valence-electron chi connectivity index (χ3n) is 14.9. The van der Waals surface area contributed by atoms with E-state index < -0.39 is 11.9 Å². The predicted molar refractivity (Wildman–Crippen MR) is 309 cm³/mol. The van der Waals surface area contributed by atoms with Crippen LogP contribution in [0.5, 0.6) is 0 Å². The summed E-state index contributed by atoms with van der Waals surface area (Å²) in [6.45, 7) is 23.9. The maximum absolute atomic E-state index is 9.00. The zero-order valence-electron chi connectivity index (χ0n) is 48.9. The third kappa shape index (κ3) is 48.4. The monoisotopic (exact) mass is 985 g/mol. The van der Waals surface area contributed by atoms with Gasteiger partial charge >= 0.3 is 0 Å². The molecule has 0 saturated carbocycles. The van der Waals surface area contributed by atoms with E-state index in [1.54, 1.807) is 0 Å². The van der Waals surface area contributed by atoms with Crippen LogP contribution in [0.2, 0.25) is 0 Å². The zero-order valence-corrected chi connectivity index (χ0v) is 48.9. The molecule has 4 unspecified atom stereocenters. The predicted octanol–water partition coefficient (Wildman–Crippen LogP) is 20.7. The van der Waals surface area contributed by atoms with Crippen LogP contribution in [0.3, 0.4) is 0 Å². The molecule has 6 heteroatoms. The number of carboxylic acids is 2. The van der Waals surface area contributed by atoms with Crippen LogP contribution in [0, 0.1) is 0 Å². The molecule has 0 aliphatic heterocycles. The van der Waals surface area contributed by atoms with Gasteiger partial charge in [-0.05, 0) is 64.5 Å². The molecule has 2 N–H and O–H groups in total. The summed E-state index contributed by atoms with van der Waals surface area (Å²) in [4.78, 5) is 23.8. The highest BCUT2D eigenvalue weighted by molar-refractivity contribution is 5.63. The van der Waals surface area contributed by atoms with Crippen molar-refractivity contribution in [1.82, 2.24) is 9.80 Å². The molecule has 0 heterocycles. The lowest BCUT2D eigenvalue weighted by Gasteiger charge is -2.36. The van der Waals surface area contributed by atoms with Crippen molar-refractivity contribution < 1.29 is 19.8 Å². The molecule has 0 bridgehead atoms. The second-order valence-corrected chi connectivity index (χ2v) is 22.1. The number of carbonyl (C=O) groups is 2. The molecule has 0 saturated heterocycles. The highest BCUT2D eigenvalue weighted by Gasteiger charge is 2.22. The standard InChI is InChI=1S/C60H116N2.2C2H4O2/c1-9-13-17-21-25-29-33-37-41-45-55(5)61(56(6)46-42-38-34-30-26-22-18-14-10-2)53-59-49-51-60(52-50-59)54-62(57(7)47-43-39-35-31-27-23-19-15-11-3)58(8)48-44-40-36-32-28-24-20-16-12-4;2*1-2(3)4/h49-52,55-58H,9-48,53-54H2,1-8H3;2*1H3,(H,3,4). The highest BCUT2D eigenvalue weighted by atomic mass is 16.4. The van der Waals surface area contributed by atoms with Crippen molar-refractivity contribution in [3.8, 4) is 0 Å². The van der Waals surface area contributed by atoms with Crippen molar-refractivity contribution >= 4 is 11.9 Å². The van der Waals surface area contributed by atoms with E-state index in [4.69, 9.17) is 19.8 Å². The summed E-state index contributed by atoms with van der Waals surface area (Å²) in [7, 11) is 0. The molecular weight excluding hydrogens is 861 g/mol. The molecule has 0 aliphatic rings. The van der Waals surface area contributed by atoms with Gasteiger partial charge in [0.15, 0.2) is 0 Å². The van der Waals surface area contributed by atoms with Crippen LogP contribution in [0.25, 0.3) is 0 Å². The van der Waals surface area contributed by atoms with Crippen molar-refractivity contribution in [2.24, 2.45) is 0 Å². The molecule has 0 amide bonds. The molecular formula is C64H124N2O4. The first-order valence-electron chi connectivity index (χ1n) is 30.8. The molecule has 0 aromatic heterocycles. The van der Waals surface area contributed by atoms with E-state index in [1.807, 2.05) is 0 Å². The van der Waals surface area contributed by atoms with Gasteiger partial charge < -0.3 is 10.2 Å². The molecule has 0 radical (unpaired) electrons. The van der Waals surface area contributed by atoms with Gasteiger partial charge in [0.05, 0.1) is 0 Å². The van der Waals surface area contributed by atoms with Crippen LogP contribution in [-0.4, -0.2) is 56.1 Å². The third-order valence-corrected chi connectivity index (χ3v) is 14.9. The quantitative estimate of drug-likeness (QED) is 0.0633. The van der Waals surface area contributed by atoms with Crippen molar-refractivity contribution in [2.45, 2.75) is 363 Å². The summed E-state index contributed by atoms with van der Waals surface area (Å²) in [6, 6.07) is 12.6. The smallest absolute Gasteiger partial charge is 0.300 e. The van der Waals surface area contributed by atoms with Gasteiger partial charge in [-0.15, -0.1) is 0 Å². The van der Waals surface area contributed by atoms with E-state index in [0.717, 1.165) is 26.9 Å². The maximum Gasteiger partial charge on any atom is 0.300 e. The van der Waals surface area contributed by atoms with Gasteiger partial charge in [0.25, 0.3) is 11.9 Å². The topological polar surface area (TPSA) is 81.1 Å². The van der Waals surface area contributed by atoms with E-state index in [-0.39, 0.29) is 0 Å². The van der Waals surface area contributed by atoms with Gasteiger partial charge in [-0.3, -0.25) is 19.4 Å². The summed E-state index contributed by atoms with van der Waals surface area (Å²) >= 11 is 0. The van der Waals surface area contributed by atoms with Crippen molar-refractivity contribution in [2.75, 3.05) is 0 Å². The Hall–Kier alpha value is -1.92.